The van der Waals surface area contributed by atoms with E-state index < -0.39 is 0 Å². The van der Waals surface area contributed by atoms with E-state index in [1.54, 1.807) is 4.68 Å². The smallest absolute Gasteiger partial charge is 0.274 e. The summed E-state index contributed by atoms with van der Waals surface area (Å²) < 4.78 is 7.73. The van der Waals surface area contributed by atoms with Gasteiger partial charge in [0.25, 0.3) is 5.91 Å². The van der Waals surface area contributed by atoms with Crippen LogP contribution in [0.2, 0.25) is 0 Å². The van der Waals surface area contributed by atoms with Crippen molar-refractivity contribution in [1.29, 1.82) is 0 Å². The van der Waals surface area contributed by atoms with Crippen LogP contribution in [0.25, 0.3) is 0 Å². The lowest BCUT2D eigenvalue weighted by Crippen LogP contribution is -2.34. The number of carbonyl (C=O) groups is 1. The van der Waals surface area contributed by atoms with Gasteiger partial charge in [0.05, 0.1) is 18.8 Å². The minimum absolute atomic E-state index is 0.0452. The third-order valence-corrected chi connectivity index (χ3v) is 4.67. The fourth-order valence-corrected chi connectivity index (χ4v) is 3.38. The summed E-state index contributed by atoms with van der Waals surface area (Å²) >= 11 is 0. The van der Waals surface area contributed by atoms with Crippen LogP contribution in [0.4, 0.5) is 0 Å². The number of aromatic nitrogens is 3. The van der Waals surface area contributed by atoms with Crippen molar-refractivity contribution < 1.29 is 9.53 Å². The molecule has 0 bridgehead atoms. The summed E-state index contributed by atoms with van der Waals surface area (Å²) in [4.78, 5) is 12.4. The Balaban J connectivity index is 1.49. The van der Waals surface area contributed by atoms with Crippen LogP contribution in [0, 0.1) is 0 Å². The van der Waals surface area contributed by atoms with Crippen molar-refractivity contribution in [3.05, 3.63) is 47.3 Å². The number of ether oxygens (including phenoxy) is 1. The molecule has 1 unspecified atom stereocenters. The normalized spacial score (nSPS) is 21.1. The molecule has 1 fully saturated rings. The zero-order valence-corrected chi connectivity index (χ0v) is 12.9. The Morgan fingerprint density at radius 2 is 2.00 bits per heavy atom. The number of fused-ring (bicyclic) bond motifs is 1. The van der Waals surface area contributed by atoms with Gasteiger partial charge < -0.3 is 10.1 Å². The molecule has 1 aliphatic carbocycles. The van der Waals surface area contributed by atoms with E-state index in [1.165, 1.54) is 12.8 Å². The van der Waals surface area contributed by atoms with E-state index in [2.05, 4.69) is 15.6 Å². The first-order chi connectivity index (χ1) is 11.3. The Labute approximate surface area is 134 Å². The van der Waals surface area contributed by atoms with Gasteiger partial charge in [-0.15, -0.1) is 5.10 Å². The molecule has 23 heavy (non-hydrogen) atoms. The second kappa shape index (κ2) is 6.12. The van der Waals surface area contributed by atoms with Crippen LogP contribution in [0.1, 0.15) is 53.5 Å². The highest BCUT2D eigenvalue weighted by Crippen LogP contribution is 2.27. The fraction of sp³-hybridized carbons (Fsp3) is 0.471. The lowest BCUT2D eigenvalue weighted by atomic mass is 10.1. The van der Waals surface area contributed by atoms with Crippen molar-refractivity contribution in [3.63, 3.8) is 0 Å². The van der Waals surface area contributed by atoms with Crippen molar-refractivity contribution >= 4 is 5.91 Å². The SMILES string of the molecule is O=C(NC1CCCC1)c1nnn2c1COC(c1ccccc1)C2. The molecule has 0 radical (unpaired) electrons. The highest BCUT2D eigenvalue weighted by atomic mass is 16.5. The molecule has 120 valence electrons. The minimum atomic E-state index is -0.125. The summed E-state index contributed by atoms with van der Waals surface area (Å²) in [5.74, 6) is -0.125. The molecule has 2 heterocycles. The quantitative estimate of drug-likeness (QED) is 0.943. The number of carbonyl (C=O) groups excluding carboxylic acids is 1. The summed E-state index contributed by atoms with van der Waals surface area (Å²) in [7, 11) is 0. The monoisotopic (exact) mass is 312 g/mol. The van der Waals surface area contributed by atoms with Gasteiger partial charge in [0.2, 0.25) is 0 Å². The maximum Gasteiger partial charge on any atom is 0.274 e. The molecule has 1 saturated carbocycles. The third kappa shape index (κ3) is 2.86. The zero-order chi connectivity index (χ0) is 15.6. The van der Waals surface area contributed by atoms with Crippen molar-refractivity contribution in [2.75, 3.05) is 0 Å². The summed E-state index contributed by atoms with van der Waals surface area (Å²) in [6.07, 6.45) is 4.44. The molecule has 1 aliphatic heterocycles. The predicted molar refractivity (Wildman–Crippen MR) is 83.7 cm³/mol. The molecule has 6 heteroatoms. The van der Waals surface area contributed by atoms with Crippen molar-refractivity contribution in [2.24, 2.45) is 0 Å². The average Bonchev–Trinajstić information content (AvgIpc) is 3.24. The van der Waals surface area contributed by atoms with Crippen molar-refractivity contribution in [2.45, 2.75) is 51.0 Å². The van der Waals surface area contributed by atoms with E-state index >= 15 is 0 Å². The summed E-state index contributed by atoms with van der Waals surface area (Å²) in [6.45, 7) is 0.947. The number of nitrogens with one attached hydrogen (secondary N) is 1. The highest BCUT2D eigenvalue weighted by molar-refractivity contribution is 5.93. The molecule has 2 aromatic rings. The largest absolute Gasteiger partial charge is 0.365 e. The molecular weight excluding hydrogens is 292 g/mol. The van der Waals surface area contributed by atoms with Crippen LogP contribution in [0.15, 0.2) is 30.3 Å². The van der Waals surface area contributed by atoms with Gasteiger partial charge in [-0.3, -0.25) is 4.79 Å². The zero-order valence-electron chi connectivity index (χ0n) is 12.9. The second-order valence-electron chi connectivity index (χ2n) is 6.23. The fourth-order valence-electron chi connectivity index (χ4n) is 3.38. The second-order valence-corrected chi connectivity index (χ2v) is 6.23. The maximum atomic E-state index is 12.4. The number of hydrogen-bond acceptors (Lipinski definition) is 4. The van der Waals surface area contributed by atoms with Gasteiger partial charge in [-0.2, -0.15) is 0 Å². The lowest BCUT2D eigenvalue weighted by molar-refractivity contribution is -0.00178. The van der Waals surface area contributed by atoms with Gasteiger partial charge >= 0.3 is 0 Å². The van der Waals surface area contributed by atoms with Crippen molar-refractivity contribution in [1.82, 2.24) is 20.3 Å². The molecule has 1 atom stereocenters. The van der Waals surface area contributed by atoms with Gasteiger partial charge in [-0.1, -0.05) is 48.4 Å². The Morgan fingerprint density at radius 1 is 1.22 bits per heavy atom. The molecule has 1 aromatic carbocycles. The lowest BCUT2D eigenvalue weighted by Gasteiger charge is -2.24. The molecule has 1 aromatic heterocycles. The number of hydrogen-bond donors (Lipinski definition) is 1. The Bertz CT molecular complexity index is 692. The van der Waals surface area contributed by atoms with Gasteiger partial charge in [0.1, 0.15) is 6.10 Å². The summed E-state index contributed by atoms with van der Waals surface area (Å²) in [6, 6.07) is 10.3. The standard InChI is InChI=1S/C17H20N4O2/c22-17(18-13-8-4-5-9-13)16-14-11-23-15(10-21(14)20-19-16)12-6-2-1-3-7-12/h1-3,6-7,13,15H,4-5,8-11H2,(H,18,22). The van der Waals surface area contributed by atoms with Crippen LogP contribution >= 0.6 is 0 Å². The topological polar surface area (TPSA) is 69.0 Å². The van der Waals surface area contributed by atoms with E-state index in [9.17, 15) is 4.79 Å². The van der Waals surface area contributed by atoms with Gasteiger partial charge in [-0.25, -0.2) is 4.68 Å². The van der Waals surface area contributed by atoms with E-state index in [4.69, 9.17) is 4.74 Å². The Hall–Kier alpha value is -2.21. The Kier molecular flexibility index (Phi) is 3.83. The van der Waals surface area contributed by atoms with Crippen LogP contribution in [-0.2, 0) is 17.9 Å². The summed E-state index contributed by atoms with van der Waals surface area (Å²) in [5.41, 5.74) is 2.29. The minimum Gasteiger partial charge on any atom is -0.365 e. The Morgan fingerprint density at radius 3 is 2.78 bits per heavy atom. The molecule has 0 spiro atoms. The number of rotatable bonds is 3. The van der Waals surface area contributed by atoms with E-state index in [1.807, 2.05) is 30.3 Å². The first kappa shape index (κ1) is 14.4. The molecule has 1 amide bonds. The third-order valence-electron chi connectivity index (χ3n) is 4.67. The van der Waals surface area contributed by atoms with E-state index in [-0.39, 0.29) is 18.1 Å². The van der Waals surface area contributed by atoms with Crippen molar-refractivity contribution in [3.8, 4) is 0 Å². The maximum absolute atomic E-state index is 12.4. The van der Waals surface area contributed by atoms with Crippen LogP contribution in [-0.4, -0.2) is 26.9 Å². The molecule has 2 aliphatic rings. The first-order valence-electron chi connectivity index (χ1n) is 8.21. The van der Waals surface area contributed by atoms with Gasteiger partial charge in [0.15, 0.2) is 5.69 Å². The summed E-state index contributed by atoms with van der Waals surface area (Å²) in [5, 5.41) is 11.3. The number of nitrogens with zero attached hydrogens (tertiary/aromatic N) is 3. The average molecular weight is 312 g/mol. The first-order valence-corrected chi connectivity index (χ1v) is 8.21. The molecular formula is C17H20N4O2. The van der Waals surface area contributed by atoms with E-state index in [0.29, 0.717) is 18.8 Å². The van der Waals surface area contributed by atoms with Crippen LogP contribution in [0.3, 0.4) is 0 Å². The molecule has 1 N–H and O–H groups in total. The van der Waals surface area contributed by atoms with Crippen LogP contribution in [0.5, 0.6) is 0 Å². The van der Waals surface area contributed by atoms with Crippen LogP contribution < -0.4 is 5.32 Å². The van der Waals surface area contributed by atoms with Gasteiger partial charge in [-0.05, 0) is 18.4 Å². The van der Waals surface area contributed by atoms with Gasteiger partial charge in [0, 0.05) is 6.04 Å². The number of benzene rings is 1. The molecule has 6 nitrogen and oxygen atoms in total. The predicted octanol–water partition coefficient (Wildman–Crippen LogP) is 2.22. The molecule has 0 saturated heterocycles. The molecule has 4 rings (SSSR count). The number of amides is 1. The van der Waals surface area contributed by atoms with E-state index in [0.717, 1.165) is 24.1 Å². The highest BCUT2D eigenvalue weighted by Gasteiger charge is 2.28.